The molecule has 0 amide bonds. The summed E-state index contributed by atoms with van der Waals surface area (Å²) in [5.74, 6) is 0.0281. The molecule has 1 aromatic rings. The molecule has 0 bridgehead atoms. The van der Waals surface area contributed by atoms with E-state index in [9.17, 15) is 4.79 Å². The molecule has 1 aliphatic rings. The monoisotopic (exact) mass is 290 g/mol. The predicted octanol–water partition coefficient (Wildman–Crippen LogP) is 3.61. The summed E-state index contributed by atoms with van der Waals surface area (Å²) in [5, 5.41) is 8.96. The lowest BCUT2D eigenvalue weighted by Crippen LogP contribution is -2.45. The quantitative estimate of drug-likeness (QED) is 0.616. The third kappa shape index (κ3) is 3.92. The molecule has 1 saturated carbocycles. The topological polar surface area (TPSA) is 46.5 Å². The van der Waals surface area contributed by atoms with E-state index in [4.69, 9.17) is 9.84 Å². The molecule has 0 saturated heterocycles. The SMILES string of the molecule is CC(C(=O)c1ccccc1)C1(OCCCO)CCCCC1. The van der Waals surface area contributed by atoms with E-state index in [0.717, 1.165) is 31.2 Å². The largest absolute Gasteiger partial charge is 0.396 e. The molecule has 1 N–H and O–H groups in total. The van der Waals surface area contributed by atoms with Crippen molar-refractivity contribution < 1.29 is 14.6 Å². The van der Waals surface area contributed by atoms with Gasteiger partial charge >= 0.3 is 0 Å². The van der Waals surface area contributed by atoms with Gasteiger partial charge in [-0.2, -0.15) is 0 Å². The lowest BCUT2D eigenvalue weighted by Gasteiger charge is -2.41. The number of carbonyl (C=O) groups excluding carboxylic acids is 1. The molecule has 1 aliphatic carbocycles. The van der Waals surface area contributed by atoms with Gasteiger partial charge in [-0.1, -0.05) is 56.5 Å². The molecule has 116 valence electrons. The Bertz CT molecular complexity index is 435. The zero-order chi connectivity index (χ0) is 15.1. The Morgan fingerprint density at radius 1 is 1.24 bits per heavy atom. The van der Waals surface area contributed by atoms with Crippen LogP contribution < -0.4 is 0 Å². The molecule has 1 aromatic carbocycles. The first-order valence-electron chi connectivity index (χ1n) is 8.04. The van der Waals surface area contributed by atoms with Gasteiger partial charge in [0.1, 0.15) is 0 Å². The normalized spacial score (nSPS) is 19.1. The summed E-state index contributed by atoms with van der Waals surface area (Å²) in [6, 6.07) is 9.49. The summed E-state index contributed by atoms with van der Waals surface area (Å²) in [7, 11) is 0. The fourth-order valence-electron chi connectivity index (χ4n) is 3.28. The van der Waals surface area contributed by atoms with Gasteiger partial charge in [0.15, 0.2) is 5.78 Å². The molecule has 3 heteroatoms. The molecule has 1 atom stereocenters. The van der Waals surface area contributed by atoms with Crippen LogP contribution in [-0.4, -0.2) is 29.7 Å². The fraction of sp³-hybridized carbons (Fsp3) is 0.611. The molecule has 1 unspecified atom stereocenters. The van der Waals surface area contributed by atoms with Crippen LogP contribution in [0.1, 0.15) is 55.8 Å². The maximum absolute atomic E-state index is 12.8. The number of hydrogen-bond acceptors (Lipinski definition) is 3. The van der Waals surface area contributed by atoms with Gasteiger partial charge in [-0.05, 0) is 19.3 Å². The van der Waals surface area contributed by atoms with Gasteiger partial charge in [0.05, 0.1) is 5.60 Å². The minimum absolute atomic E-state index is 0.136. The Labute approximate surface area is 127 Å². The summed E-state index contributed by atoms with van der Waals surface area (Å²) >= 11 is 0. The number of benzene rings is 1. The summed E-state index contributed by atoms with van der Waals surface area (Å²) in [4.78, 5) is 12.8. The zero-order valence-corrected chi connectivity index (χ0v) is 12.9. The van der Waals surface area contributed by atoms with Crippen molar-refractivity contribution >= 4 is 5.78 Å². The predicted molar refractivity (Wildman–Crippen MR) is 83.4 cm³/mol. The van der Waals surface area contributed by atoms with Crippen molar-refractivity contribution in [3.05, 3.63) is 35.9 Å². The van der Waals surface area contributed by atoms with Gasteiger partial charge < -0.3 is 9.84 Å². The average Bonchev–Trinajstić information content (AvgIpc) is 2.55. The Kier molecular flexibility index (Phi) is 5.95. The maximum Gasteiger partial charge on any atom is 0.168 e. The Morgan fingerprint density at radius 3 is 2.52 bits per heavy atom. The van der Waals surface area contributed by atoms with E-state index in [2.05, 4.69) is 0 Å². The molecule has 0 radical (unpaired) electrons. The van der Waals surface area contributed by atoms with Crippen molar-refractivity contribution in [1.29, 1.82) is 0 Å². The van der Waals surface area contributed by atoms with E-state index in [0.29, 0.717) is 13.0 Å². The zero-order valence-electron chi connectivity index (χ0n) is 12.9. The molecule has 3 nitrogen and oxygen atoms in total. The van der Waals surface area contributed by atoms with Crippen molar-refractivity contribution in [2.45, 2.75) is 51.0 Å². The number of hydrogen-bond donors (Lipinski definition) is 1. The number of aliphatic hydroxyl groups excluding tert-OH is 1. The van der Waals surface area contributed by atoms with Crippen LogP contribution in [0.25, 0.3) is 0 Å². The molecular weight excluding hydrogens is 264 g/mol. The molecule has 0 spiro atoms. The third-order valence-corrected chi connectivity index (χ3v) is 4.63. The van der Waals surface area contributed by atoms with Crippen molar-refractivity contribution in [3.63, 3.8) is 0 Å². The van der Waals surface area contributed by atoms with E-state index in [1.807, 2.05) is 37.3 Å². The molecule has 0 aromatic heterocycles. The second-order valence-corrected chi connectivity index (χ2v) is 6.00. The van der Waals surface area contributed by atoms with Crippen molar-refractivity contribution in [3.8, 4) is 0 Å². The van der Waals surface area contributed by atoms with Gasteiger partial charge in [0, 0.05) is 24.7 Å². The fourth-order valence-corrected chi connectivity index (χ4v) is 3.28. The molecule has 1 fully saturated rings. The van der Waals surface area contributed by atoms with Crippen LogP contribution in [0, 0.1) is 5.92 Å². The Balaban J connectivity index is 2.13. The van der Waals surface area contributed by atoms with Crippen LogP contribution in [-0.2, 0) is 4.74 Å². The third-order valence-electron chi connectivity index (χ3n) is 4.63. The first kappa shape index (κ1) is 16.2. The van der Waals surface area contributed by atoms with E-state index in [-0.39, 0.29) is 23.9 Å². The Morgan fingerprint density at radius 2 is 1.90 bits per heavy atom. The van der Waals surface area contributed by atoms with Crippen LogP contribution in [0.2, 0.25) is 0 Å². The highest BCUT2D eigenvalue weighted by Crippen LogP contribution is 2.39. The number of ketones is 1. The lowest BCUT2D eigenvalue weighted by atomic mass is 9.73. The first-order chi connectivity index (χ1) is 10.2. The highest BCUT2D eigenvalue weighted by Gasteiger charge is 2.42. The molecule has 0 heterocycles. The first-order valence-corrected chi connectivity index (χ1v) is 8.04. The summed E-state index contributed by atoms with van der Waals surface area (Å²) in [6.45, 7) is 2.67. The smallest absolute Gasteiger partial charge is 0.168 e. The van der Waals surface area contributed by atoms with Gasteiger partial charge in [-0.15, -0.1) is 0 Å². The molecule has 0 aliphatic heterocycles. The second kappa shape index (κ2) is 7.71. The van der Waals surface area contributed by atoms with Gasteiger partial charge in [-0.3, -0.25) is 4.79 Å². The van der Waals surface area contributed by atoms with Gasteiger partial charge in [-0.25, -0.2) is 0 Å². The van der Waals surface area contributed by atoms with E-state index in [1.54, 1.807) is 0 Å². The van der Waals surface area contributed by atoms with Crippen LogP contribution in [0.3, 0.4) is 0 Å². The lowest BCUT2D eigenvalue weighted by molar-refractivity contribution is -0.0979. The standard InChI is InChI=1S/C18H26O3/c1-15(17(20)16-9-4-2-5-10-16)18(21-14-8-13-19)11-6-3-7-12-18/h2,4-5,9-10,15,19H,3,6-8,11-14H2,1H3. The molecular formula is C18H26O3. The summed E-state index contributed by atoms with van der Waals surface area (Å²) in [6.07, 6.45) is 5.97. The summed E-state index contributed by atoms with van der Waals surface area (Å²) in [5.41, 5.74) is 0.418. The van der Waals surface area contributed by atoms with Crippen molar-refractivity contribution in [2.75, 3.05) is 13.2 Å². The van der Waals surface area contributed by atoms with E-state index in [1.165, 1.54) is 6.42 Å². The van der Waals surface area contributed by atoms with Gasteiger partial charge in [0.2, 0.25) is 0 Å². The molecule has 2 rings (SSSR count). The second-order valence-electron chi connectivity index (χ2n) is 6.00. The van der Waals surface area contributed by atoms with Crippen LogP contribution in [0.15, 0.2) is 30.3 Å². The number of aliphatic hydroxyl groups is 1. The Hall–Kier alpha value is -1.19. The van der Waals surface area contributed by atoms with Crippen LogP contribution in [0.4, 0.5) is 0 Å². The van der Waals surface area contributed by atoms with Crippen molar-refractivity contribution in [1.82, 2.24) is 0 Å². The average molecular weight is 290 g/mol. The van der Waals surface area contributed by atoms with Gasteiger partial charge in [0.25, 0.3) is 0 Å². The highest BCUT2D eigenvalue weighted by molar-refractivity contribution is 5.98. The number of rotatable bonds is 7. The van der Waals surface area contributed by atoms with E-state index < -0.39 is 0 Å². The maximum atomic E-state index is 12.8. The highest BCUT2D eigenvalue weighted by atomic mass is 16.5. The number of ether oxygens (including phenoxy) is 1. The number of carbonyl (C=O) groups is 1. The van der Waals surface area contributed by atoms with Crippen LogP contribution in [0.5, 0.6) is 0 Å². The molecule has 21 heavy (non-hydrogen) atoms. The minimum Gasteiger partial charge on any atom is -0.396 e. The van der Waals surface area contributed by atoms with Crippen molar-refractivity contribution in [2.24, 2.45) is 5.92 Å². The van der Waals surface area contributed by atoms with E-state index >= 15 is 0 Å². The summed E-state index contributed by atoms with van der Waals surface area (Å²) < 4.78 is 6.13. The minimum atomic E-state index is -0.347. The van der Waals surface area contributed by atoms with Crippen LogP contribution >= 0.6 is 0 Å². The number of Topliss-reactive ketones (excluding diaryl/α,β-unsaturated/α-hetero) is 1.